The van der Waals surface area contributed by atoms with Crippen LogP contribution in [-0.2, 0) is 6.18 Å². The maximum Gasteiger partial charge on any atom is 0.416 e. The van der Waals surface area contributed by atoms with Gasteiger partial charge in [0.05, 0.1) is 16.1 Å². The maximum absolute atomic E-state index is 12.7. The molecule has 1 saturated heterocycles. The molecule has 3 aromatic rings. The predicted molar refractivity (Wildman–Crippen MR) is 128 cm³/mol. The van der Waals surface area contributed by atoms with Crippen LogP contribution in [0.1, 0.15) is 25.3 Å². The van der Waals surface area contributed by atoms with Gasteiger partial charge in [-0.15, -0.1) is 0 Å². The van der Waals surface area contributed by atoms with Crippen molar-refractivity contribution in [3.63, 3.8) is 0 Å². The van der Waals surface area contributed by atoms with E-state index in [-0.39, 0.29) is 5.82 Å². The highest BCUT2D eigenvalue weighted by Crippen LogP contribution is 2.30. The zero-order valence-electron chi connectivity index (χ0n) is 18.9. The number of alkyl halides is 3. The Hall–Kier alpha value is -2.42. The van der Waals surface area contributed by atoms with Gasteiger partial charge in [0.1, 0.15) is 11.6 Å². The molecular weight excluding hydrogens is 451 g/mol. The molecule has 0 unspecified atom stereocenters. The molecule has 178 valence electrons. The van der Waals surface area contributed by atoms with Gasteiger partial charge in [0.2, 0.25) is 0 Å². The van der Waals surface area contributed by atoms with E-state index in [4.69, 9.17) is 11.6 Å². The molecule has 1 aliphatic heterocycles. The first-order chi connectivity index (χ1) is 15.8. The van der Waals surface area contributed by atoms with E-state index in [0.29, 0.717) is 16.4 Å². The Bertz CT molecular complexity index is 1030. The summed E-state index contributed by atoms with van der Waals surface area (Å²) in [5.74, 6) is 0.432. The minimum Gasteiger partial charge on any atom is -0.325 e. The summed E-state index contributed by atoms with van der Waals surface area (Å²) in [6.45, 7) is 8.63. The fourth-order valence-electron chi connectivity index (χ4n) is 3.44. The third kappa shape index (κ3) is 7.55. The molecule has 0 radical (unpaired) electrons. The number of pyridine rings is 2. The topological polar surface area (TPSA) is 44.3 Å². The van der Waals surface area contributed by atoms with Crippen LogP contribution >= 0.6 is 11.6 Å². The number of aromatic nitrogens is 2. The van der Waals surface area contributed by atoms with Gasteiger partial charge in [-0.25, -0.2) is 9.97 Å². The molecule has 0 saturated carbocycles. The van der Waals surface area contributed by atoms with E-state index in [2.05, 4.69) is 39.1 Å². The SMILES string of the molecule is CCCCN1CCN(C)CC1.FC(F)(F)c1ccnc(Nc2ccc3cccc(Cl)c3n2)c1. The summed E-state index contributed by atoms with van der Waals surface area (Å²) in [6, 6.07) is 10.6. The summed E-state index contributed by atoms with van der Waals surface area (Å²) < 4.78 is 38.0. The van der Waals surface area contributed by atoms with Crippen LogP contribution in [0, 0.1) is 0 Å². The van der Waals surface area contributed by atoms with E-state index in [1.807, 2.05) is 6.07 Å². The van der Waals surface area contributed by atoms with Crippen molar-refractivity contribution in [2.75, 3.05) is 45.1 Å². The third-order valence-electron chi connectivity index (χ3n) is 5.44. The minimum atomic E-state index is -4.42. The molecular formula is C24H29ClF3N5. The number of rotatable bonds is 5. The molecule has 0 aliphatic carbocycles. The second-order valence-electron chi connectivity index (χ2n) is 8.06. The summed E-state index contributed by atoms with van der Waals surface area (Å²) in [7, 11) is 2.21. The average molecular weight is 480 g/mol. The number of likely N-dealkylation sites (N-methyl/N-ethyl adjacent to an activating group) is 1. The summed E-state index contributed by atoms with van der Waals surface area (Å²) >= 11 is 6.06. The van der Waals surface area contributed by atoms with Gasteiger partial charge in [0.15, 0.2) is 0 Å². The van der Waals surface area contributed by atoms with Crippen LogP contribution in [0.4, 0.5) is 24.8 Å². The van der Waals surface area contributed by atoms with Crippen LogP contribution in [0.3, 0.4) is 0 Å². The van der Waals surface area contributed by atoms with Crippen molar-refractivity contribution in [1.82, 2.24) is 19.8 Å². The molecule has 0 bridgehead atoms. The number of para-hydroxylation sites is 1. The smallest absolute Gasteiger partial charge is 0.325 e. The molecule has 33 heavy (non-hydrogen) atoms. The van der Waals surface area contributed by atoms with Gasteiger partial charge in [0.25, 0.3) is 0 Å². The molecule has 1 N–H and O–H groups in total. The molecule has 0 amide bonds. The Labute approximate surface area is 197 Å². The van der Waals surface area contributed by atoms with Gasteiger partial charge in [-0.1, -0.05) is 37.1 Å². The zero-order chi connectivity index (χ0) is 23.8. The van der Waals surface area contributed by atoms with E-state index in [9.17, 15) is 13.2 Å². The molecule has 0 atom stereocenters. The Balaban J connectivity index is 0.000000235. The lowest BCUT2D eigenvalue weighted by atomic mass is 10.2. The fraction of sp³-hybridized carbons (Fsp3) is 0.417. The van der Waals surface area contributed by atoms with Crippen molar-refractivity contribution in [3.8, 4) is 0 Å². The highest BCUT2D eigenvalue weighted by atomic mass is 35.5. The van der Waals surface area contributed by atoms with Crippen LogP contribution in [-0.4, -0.2) is 59.5 Å². The van der Waals surface area contributed by atoms with Gasteiger partial charge in [-0.05, 0) is 50.3 Å². The predicted octanol–water partition coefficient (Wildman–Crippen LogP) is 6.08. The molecule has 5 nitrogen and oxygen atoms in total. The van der Waals surface area contributed by atoms with Gasteiger partial charge in [-0.2, -0.15) is 13.2 Å². The van der Waals surface area contributed by atoms with Crippen molar-refractivity contribution < 1.29 is 13.2 Å². The first kappa shape index (κ1) is 25.2. The van der Waals surface area contributed by atoms with Gasteiger partial charge < -0.3 is 15.1 Å². The summed E-state index contributed by atoms with van der Waals surface area (Å²) in [5, 5.41) is 4.07. The third-order valence-corrected chi connectivity index (χ3v) is 5.74. The lowest BCUT2D eigenvalue weighted by Gasteiger charge is -2.32. The highest BCUT2D eigenvalue weighted by molar-refractivity contribution is 6.35. The van der Waals surface area contributed by atoms with Crippen LogP contribution in [0.15, 0.2) is 48.7 Å². The second-order valence-corrected chi connectivity index (χ2v) is 8.47. The van der Waals surface area contributed by atoms with Crippen LogP contribution in [0.25, 0.3) is 10.9 Å². The quantitative estimate of drug-likeness (QED) is 0.480. The molecule has 2 aromatic heterocycles. The second kappa shape index (κ2) is 11.6. The number of benzene rings is 1. The number of hydrogen-bond donors (Lipinski definition) is 1. The van der Waals surface area contributed by atoms with Crippen molar-refractivity contribution in [2.24, 2.45) is 0 Å². The normalized spacial score (nSPS) is 15.2. The highest BCUT2D eigenvalue weighted by Gasteiger charge is 2.30. The monoisotopic (exact) mass is 479 g/mol. The van der Waals surface area contributed by atoms with Crippen molar-refractivity contribution in [1.29, 1.82) is 0 Å². The van der Waals surface area contributed by atoms with E-state index in [1.54, 1.807) is 24.3 Å². The molecule has 9 heteroatoms. The number of piperazine rings is 1. The van der Waals surface area contributed by atoms with Crippen molar-refractivity contribution in [3.05, 3.63) is 59.2 Å². The lowest BCUT2D eigenvalue weighted by molar-refractivity contribution is -0.137. The standard InChI is InChI=1S/C15H9ClF3N3.C9H20N2/c16-11-3-1-2-9-4-5-12(22-14(9)11)21-13-8-10(6-7-20-13)15(17,18)19;1-3-4-5-11-8-6-10(2)7-9-11/h1-8H,(H,20,21,22);3-9H2,1-2H3. The molecule has 1 fully saturated rings. The largest absolute Gasteiger partial charge is 0.416 e. The summed E-state index contributed by atoms with van der Waals surface area (Å²) in [6.07, 6.45) is -0.630. The maximum atomic E-state index is 12.7. The molecule has 3 heterocycles. The number of halogens is 4. The van der Waals surface area contributed by atoms with Crippen LogP contribution < -0.4 is 5.32 Å². The Morgan fingerprint density at radius 1 is 1.03 bits per heavy atom. The number of nitrogens with one attached hydrogen (secondary N) is 1. The van der Waals surface area contributed by atoms with E-state index in [1.165, 1.54) is 45.6 Å². The van der Waals surface area contributed by atoms with E-state index >= 15 is 0 Å². The Morgan fingerprint density at radius 2 is 1.79 bits per heavy atom. The molecule has 4 rings (SSSR count). The Kier molecular flexibility index (Phi) is 8.88. The number of hydrogen-bond acceptors (Lipinski definition) is 5. The molecule has 1 aliphatic rings. The van der Waals surface area contributed by atoms with Gasteiger partial charge >= 0.3 is 6.18 Å². The van der Waals surface area contributed by atoms with Crippen molar-refractivity contribution in [2.45, 2.75) is 25.9 Å². The van der Waals surface area contributed by atoms with Gasteiger partial charge in [0, 0.05) is 37.8 Å². The van der Waals surface area contributed by atoms with Crippen LogP contribution in [0.5, 0.6) is 0 Å². The summed E-state index contributed by atoms with van der Waals surface area (Å²) in [5.41, 5.74) is -0.204. The first-order valence-electron chi connectivity index (χ1n) is 11.0. The van der Waals surface area contributed by atoms with Crippen molar-refractivity contribution >= 4 is 34.1 Å². The average Bonchev–Trinajstić information content (AvgIpc) is 2.79. The fourth-order valence-corrected chi connectivity index (χ4v) is 3.66. The van der Waals surface area contributed by atoms with Gasteiger partial charge in [-0.3, -0.25) is 0 Å². The molecule has 0 spiro atoms. The Morgan fingerprint density at radius 3 is 2.48 bits per heavy atom. The number of unbranched alkanes of at least 4 members (excludes halogenated alkanes) is 1. The molecule has 1 aromatic carbocycles. The minimum absolute atomic E-state index is 0.0636. The number of anilines is 2. The number of nitrogens with zero attached hydrogens (tertiary/aromatic N) is 4. The van der Waals surface area contributed by atoms with E-state index in [0.717, 1.165) is 23.7 Å². The zero-order valence-corrected chi connectivity index (χ0v) is 19.6. The number of fused-ring (bicyclic) bond motifs is 1. The lowest BCUT2D eigenvalue weighted by Crippen LogP contribution is -2.44. The van der Waals surface area contributed by atoms with Crippen LogP contribution in [0.2, 0.25) is 5.02 Å². The summed E-state index contributed by atoms with van der Waals surface area (Å²) in [4.78, 5) is 13.1. The first-order valence-corrected chi connectivity index (χ1v) is 11.4. The van der Waals surface area contributed by atoms with E-state index < -0.39 is 11.7 Å².